The second-order valence-corrected chi connectivity index (χ2v) is 5.76. The average Bonchev–Trinajstić information content (AvgIpc) is 2.86. The van der Waals surface area contributed by atoms with E-state index < -0.39 is 23.2 Å². The molecule has 1 aliphatic carbocycles. The van der Waals surface area contributed by atoms with Crippen molar-refractivity contribution in [2.75, 3.05) is 6.54 Å². The third-order valence-electron chi connectivity index (χ3n) is 4.45. The summed E-state index contributed by atoms with van der Waals surface area (Å²) in [6, 6.07) is 11.1. The molecule has 2 nitrogen and oxygen atoms in total. The Bertz CT molecular complexity index is 647. The van der Waals surface area contributed by atoms with E-state index in [1.165, 1.54) is 6.07 Å². The van der Waals surface area contributed by atoms with Gasteiger partial charge in [0.25, 0.3) is 0 Å². The molecule has 1 atom stereocenters. The molecule has 0 fully saturated rings. The smallest absolute Gasteiger partial charge is 0.131 e. The molecule has 0 aromatic heterocycles. The van der Waals surface area contributed by atoms with E-state index in [-0.39, 0.29) is 12.1 Å². The maximum absolute atomic E-state index is 13.9. The van der Waals surface area contributed by atoms with Crippen molar-refractivity contribution in [3.05, 3.63) is 70.8 Å². The standard InChI is InChI=1S/C17H17F2NO/c18-13-5-6-14(15(19)7-13)16(21)17(10-20)8-11-3-1-2-4-12(11)9-17/h1-7,16,21H,8-10,20H2. The summed E-state index contributed by atoms with van der Waals surface area (Å²) in [5.74, 6) is -1.38. The summed E-state index contributed by atoms with van der Waals surface area (Å²) in [7, 11) is 0. The summed E-state index contributed by atoms with van der Waals surface area (Å²) >= 11 is 0. The molecular formula is C17H17F2NO. The second-order valence-electron chi connectivity index (χ2n) is 5.76. The minimum atomic E-state index is -1.06. The van der Waals surface area contributed by atoms with Gasteiger partial charge in [-0.05, 0) is 30.0 Å². The van der Waals surface area contributed by atoms with Gasteiger partial charge in [-0.25, -0.2) is 8.78 Å². The average molecular weight is 289 g/mol. The van der Waals surface area contributed by atoms with Crippen molar-refractivity contribution in [2.45, 2.75) is 18.9 Å². The fraction of sp³-hybridized carbons (Fsp3) is 0.294. The van der Waals surface area contributed by atoms with Gasteiger partial charge in [-0.15, -0.1) is 0 Å². The number of aliphatic hydroxyl groups excluding tert-OH is 1. The Labute approximate surface area is 122 Å². The van der Waals surface area contributed by atoms with E-state index in [1.807, 2.05) is 24.3 Å². The lowest BCUT2D eigenvalue weighted by molar-refractivity contribution is 0.0329. The van der Waals surface area contributed by atoms with Crippen molar-refractivity contribution in [1.29, 1.82) is 0 Å². The highest BCUT2D eigenvalue weighted by atomic mass is 19.1. The zero-order valence-electron chi connectivity index (χ0n) is 11.5. The number of hydrogen-bond acceptors (Lipinski definition) is 2. The van der Waals surface area contributed by atoms with E-state index in [9.17, 15) is 13.9 Å². The van der Waals surface area contributed by atoms with Crippen LogP contribution in [0.5, 0.6) is 0 Å². The number of rotatable bonds is 3. The monoisotopic (exact) mass is 289 g/mol. The minimum Gasteiger partial charge on any atom is -0.388 e. The molecule has 3 N–H and O–H groups in total. The van der Waals surface area contributed by atoms with Crippen LogP contribution in [0.2, 0.25) is 0 Å². The molecule has 3 rings (SSSR count). The first-order valence-electron chi connectivity index (χ1n) is 6.95. The molecule has 0 radical (unpaired) electrons. The van der Waals surface area contributed by atoms with Gasteiger partial charge in [0, 0.05) is 23.6 Å². The zero-order chi connectivity index (χ0) is 15.0. The quantitative estimate of drug-likeness (QED) is 0.912. The van der Waals surface area contributed by atoms with Crippen LogP contribution in [-0.4, -0.2) is 11.7 Å². The Morgan fingerprint density at radius 1 is 1.10 bits per heavy atom. The number of fused-ring (bicyclic) bond motifs is 1. The fourth-order valence-electron chi connectivity index (χ4n) is 3.23. The molecule has 110 valence electrons. The molecule has 0 saturated heterocycles. The van der Waals surface area contributed by atoms with E-state index in [1.54, 1.807) is 0 Å². The number of halogens is 2. The number of benzene rings is 2. The van der Waals surface area contributed by atoms with Crippen molar-refractivity contribution in [3.8, 4) is 0 Å². The van der Waals surface area contributed by atoms with Crippen LogP contribution in [0.3, 0.4) is 0 Å². The van der Waals surface area contributed by atoms with Crippen LogP contribution in [-0.2, 0) is 12.8 Å². The maximum atomic E-state index is 13.9. The maximum Gasteiger partial charge on any atom is 0.131 e. The van der Waals surface area contributed by atoms with Gasteiger partial charge in [0.2, 0.25) is 0 Å². The third kappa shape index (κ3) is 2.34. The predicted octanol–water partition coefficient (Wildman–Crippen LogP) is 2.74. The van der Waals surface area contributed by atoms with E-state index in [0.29, 0.717) is 12.8 Å². The summed E-state index contributed by atoms with van der Waals surface area (Å²) in [4.78, 5) is 0. The van der Waals surface area contributed by atoms with Gasteiger partial charge in [0.15, 0.2) is 0 Å². The SMILES string of the molecule is NCC1(C(O)c2ccc(F)cc2F)Cc2ccccc2C1. The fourth-order valence-corrected chi connectivity index (χ4v) is 3.23. The lowest BCUT2D eigenvalue weighted by Crippen LogP contribution is -2.38. The molecule has 0 amide bonds. The van der Waals surface area contributed by atoms with Crippen molar-refractivity contribution in [3.63, 3.8) is 0 Å². The molecule has 1 unspecified atom stereocenters. The van der Waals surface area contributed by atoms with Gasteiger partial charge in [0.1, 0.15) is 11.6 Å². The van der Waals surface area contributed by atoms with Crippen LogP contribution < -0.4 is 5.73 Å². The first-order chi connectivity index (χ1) is 10.1. The van der Waals surface area contributed by atoms with Gasteiger partial charge in [0.05, 0.1) is 6.10 Å². The van der Waals surface area contributed by atoms with Gasteiger partial charge in [-0.2, -0.15) is 0 Å². The van der Waals surface area contributed by atoms with Gasteiger partial charge < -0.3 is 10.8 Å². The van der Waals surface area contributed by atoms with Gasteiger partial charge >= 0.3 is 0 Å². The molecule has 0 spiro atoms. The molecule has 2 aromatic rings. The van der Waals surface area contributed by atoms with Crippen LogP contribution in [0.25, 0.3) is 0 Å². The molecule has 1 aliphatic rings. The normalized spacial score (nSPS) is 17.5. The number of nitrogens with two attached hydrogens (primary N) is 1. The molecule has 4 heteroatoms. The Hall–Kier alpha value is -1.78. The van der Waals surface area contributed by atoms with Crippen LogP contribution in [0.4, 0.5) is 8.78 Å². The number of hydrogen-bond donors (Lipinski definition) is 2. The topological polar surface area (TPSA) is 46.2 Å². The van der Waals surface area contributed by atoms with Crippen molar-refractivity contribution in [2.24, 2.45) is 11.1 Å². The highest BCUT2D eigenvalue weighted by molar-refractivity contribution is 5.37. The van der Waals surface area contributed by atoms with E-state index in [2.05, 4.69) is 0 Å². The van der Waals surface area contributed by atoms with Crippen molar-refractivity contribution in [1.82, 2.24) is 0 Å². The molecular weight excluding hydrogens is 272 g/mol. The van der Waals surface area contributed by atoms with Crippen LogP contribution in [0, 0.1) is 17.0 Å². The first-order valence-corrected chi connectivity index (χ1v) is 6.95. The highest BCUT2D eigenvalue weighted by Gasteiger charge is 2.43. The number of aliphatic hydroxyl groups is 1. The Balaban J connectivity index is 1.98. The third-order valence-corrected chi connectivity index (χ3v) is 4.45. The summed E-state index contributed by atoms with van der Waals surface area (Å²) in [5, 5.41) is 10.7. The first kappa shape index (κ1) is 14.2. The zero-order valence-corrected chi connectivity index (χ0v) is 11.5. The Kier molecular flexibility index (Phi) is 3.51. The second kappa shape index (κ2) is 5.20. The molecule has 0 aliphatic heterocycles. The van der Waals surface area contributed by atoms with Crippen LogP contribution in [0.15, 0.2) is 42.5 Å². The lowest BCUT2D eigenvalue weighted by atomic mass is 9.76. The molecule has 21 heavy (non-hydrogen) atoms. The predicted molar refractivity (Wildman–Crippen MR) is 76.7 cm³/mol. The summed E-state index contributed by atoms with van der Waals surface area (Å²) < 4.78 is 27.0. The molecule has 0 heterocycles. The summed E-state index contributed by atoms with van der Waals surface area (Å²) in [6.45, 7) is 0.236. The Morgan fingerprint density at radius 2 is 1.71 bits per heavy atom. The van der Waals surface area contributed by atoms with Gasteiger partial charge in [-0.3, -0.25) is 0 Å². The highest BCUT2D eigenvalue weighted by Crippen LogP contribution is 2.45. The minimum absolute atomic E-state index is 0.106. The molecule has 0 saturated carbocycles. The molecule has 0 bridgehead atoms. The van der Waals surface area contributed by atoms with Crippen molar-refractivity contribution >= 4 is 0 Å². The Morgan fingerprint density at radius 3 is 2.24 bits per heavy atom. The van der Waals surface area contributed by atoms with E-state index >= 15 is 0 Å². The van der Waals surface area contributed by atoms with Crippen LogP contribution >= 0.6 is 0 Å². The summed E-state index contributed by atoms with van der Waals surface area (Å²) in [5.41, 5.74) is 7.64. The molecule has 2 aromatic carbocycles. The lowest BCUT2D eigenvalue weighted by Gasteiger charge is -2.33. The summed E-state index contributed by atoms with van der Waals surface area (Å²) in [6.07, 6.45) is 0.130. The van der Waals surface area contributed by atoms with Crippen LogP contribution in [0.1, 0.15) is 22.8 Å². The van der Waals surface area contributed by atoms with E-state index in [4.69, 9.17) is 5.73 Å². The van der Waals surface area contributed by atoms with E-state index in [0.717, 1.165) is 23.3 Å². The largest absolute Gasteiger partial charge is 0.388 e. The van der Waals surface area contributed by atoms with Gasteiger partial charge in [-0.1, -0.05) is 30.3 Å². The van der Waals surface area contributed by atoms with Crippen molar-refractivity contribution < 1.29 is 13.9 Å².